The summed E-state index contributed by atoms with van der Waals surface area (Å²) in [4.78, 5) is 17.8. The van der Waals surface area contributed by atoms with Crippen LogP contribution in [0.1, 0.15) is 40.1 Å². The second kappa shape index (κ2) is 6.37. The first-order valence-corrected chi connectivity index (χ1v) is 7.92. The summed E-state index contributed by atoms with van der Waals surface area (Å²) < 4.78 is 0.790. The highest BCUT2D eigenvalue weighted by Crippen LogP contribution is 2.22. The number of carbonyl (C=O) groups excluding carboxylic acids is 1. The van der Waals surface area contributed by atoms with Gasteiger partial charge in [0.2, 0.25) is 0 Å². The topological polar surface area (TPSA) is 68.0 Å². The van der Waals surface area contributed by atoms with Gasteiger partial charge in [0.05, 0.1) is 6.04 Å². The van der Waals surface area contributed by atoms with E-state index in [2.05, 4.69) is 33.2 Å². The Balaban J connectivity index is 2.10. The van der Waals surface area contributed by atoms with E-state index in [1.807, 2.05) is 13.1 Å². The van der Waals surface area contributed by atoms with Crippen LogP contribution in [0.25, 0.3) is 0 Å². The van der Waals surface area contributed by atoms with Crippen molar-refractivity contribution in [2.45, 2.75) is 26.3 Å². The molecule has 0 saturated carbocycles. The maximum atomic E-state index is 12.2. The number of hydrogen-bond acceptors (Lipinski definition) is 4. The lowest BCUT2D eigenvalue weighted by atomic mass is 10.2. The van der Waals surface area contributed by atoms with Gasteiger partial charge in [-0.25, -0.2) is 4.98 Å². The first-order valence-electron chi connectivity index (χ1n) is 6.31. The van der Waals surface area contributed by atoms with E-state index in [0.717, 1.165) is 15.9 Å². The molecule has 0 aliphatic carbocycles. The molecule has 0 fully saturated rings. The number of nitrogens with two attached hydrogens (primary N) is 1. The number of halogens is 1. The van der Waals surface area contributed by atoms with Crippen molar-refractivity contribution in [2.75, 3.05) is 5.73 Å². The summed E-state index contributed by atoms with van der Waals surface area (Å²) in [6, 6.07) is 5.05. The molecule has 0 bridgehead atoms. The summed E-state index contributed by atoms with van der Waals surface area (Å²) in [5.74, 6) is -0.154. The number of aryl methyl sites for hydroxylation is 1. The molecule has 1 atom stereocenters. The van der Waals surface area contributed by atoms with Crippen LogP contribution < -0.4 is 11.1 Å². The van der Waals surface area contributed by atoms with Gasteiger partial charge in [0, 0.05) is 26.8 Å². The Bertz CT molecular complexity index is 606. The van der Waals surface area contributed by atoms with Gasteiger partial charge in [-0.05, 0) is 31.5 Å². The van der Waals surface area contributed by atoms with Crippen LogP contribution in [0, 0.1) is 0 Å². The summed E-state index contributed by atoms with van der Waals surface area (Å²) >= 11 is 4.96. The van der Waals surface area contributed by atoms with Crippen LogP contribution in [0.5, 0.6) is 0 Å². The fraction of sp³-hybridized carbons (Fsp3) is 0.286. The summed E-state index contributed by atoms with van der Waals surface area (Å²) in [7, 11) is 0. The largest absolute Gasteiger partial charge is 0.399 e. The van der Waals surface area contributed by atoms with E-state index in [0.29, 0.717) is 11.3 Å². The van der Waals surface area contributed by atoms with Gasteiger partial charge in [-0.2, -0.15) is 0 Å². The number of hydrogen-bond donors (Lipinski definition) is 2. The fourth-order valence-corrected chi connectivity index (χ4v) is 3.14. The lowest BCUT2D eigenvalue weighted by molar-refractivity contribution is 0.0940. The first-order chi connectivity index (χ1) is 9.49. The molecule has 1 heterocycles. The third kappa shape index (κ3) is 3.58. The average Bonchev–Trinajstić information content (AvgIpc) is 2.86. The Kier molecular flexibility index (Phi) is 4.77. The van der Waals surface area contributed by atoms with Crippen molar-refractivity contribution in [1.82, 2.24) is 10.3 Å². The Hall–Kier alpha value is -1.40. The van der Waals surface area contributed by atoms with Gasteiger partial charge in [-0.1, -0.05) is 22.9 Å². The predicted molar refractivity (Wildman–Crippen MR) is 85.9 cm³/mol. The van der Waals surface area contributed by atoms with Gasteiger partial charge >= 0.3 is 0 Å². The number of nitrogens with one attached hydrogen (secondary N) is 1. The molecule has 1 aromatic heterocycles. The molecule has 6 heteroatoms. The summed E-state index contributed by atoms with van der Waals surface area (Å²) in [5.41, 5.74) is 6.83. The molecular weight excluding hydrogens is 338 g/mol. The van der Waals surface area contributed by atoms with Crippen LogP contribution in [-0.2, 0) is 6.42 Å². The van der Waals surface area contributed by atoms with E-state index in [4.69, 9.17) is 5.73 Å². The molecular formula is C14H16BrN3OS. The van der Waals surface area contributed by atoms with E-state index in [9.17, 15) is 4.79 Å². The van der Waals surface area contributed by atoms with Gasteiger partial charge in [0.1, 0.15) is 5.01 Å². The van der Waals surface area contributed by atoms with Crippen LogP contribution in [0.3, 0.4) is 0 Å². The van der Waals surface area contributed by atoms with Gasteiger partial charge in [-0.15, -0.1) is 11.3 Å². The molecule has 0 radical (unpaired) electrons. The SMILES string of the molecule is CCc1cnc(C(C)NC(=O)c2cc(N)cc(Br)c2)s1. The molecule has 2 aromatic rings. The van der Waals surface area contributed by atoms with E-state index in [1.54, 1.807) is 29.5 Å². The molecule has 1 aromatic carbocycles. The molecule has 4 nitrogen and oxygen atoms in total. The van der Waals surface area contributed by atoms with Crippen molar-refractivity contribution >= 4 is 38.9 Å². The number of nitrogen functional groups attached to an aromatic ring is 1. The van der Waals surface area contributed by atoms with Crippen LogP contribution >= 0.6 is 27.3 Å². The van der Waals surface area contributed by atoms with Crippen molar-refractivity contribution in [3.63, 3.8) is 0 Å². The van der Waals surface area contributed by atoms with Gasteiger partial charge in [0.15, 0.2) is 0 Å². The Morgan fingerprint density at radius 1 is 1.50 bits per heavy atom. The number of rotatable bonds is 4. The standard InChI is InChI=1S/C14H16BrN3OS/c1-3-12-7-17-14(20-12)8(2)18-13(19)9-4-10(15)6-11(16)5-9/h4-8H,3,16H2,1-2H3,(H,18,19). The van der Waals surface area contributed by atoms with Crippen LogP contribution in [0.15, 0.2) is 28.9 Å². The molecule has 2 rings (SSSR count). The van der Waals surface area contributed by atoms with E-state index >= 15 is 0 Å². The second-order valence-electron chi connectivity index (χ2n) is 4.49. The molecule has 1 amide bonds. The maximum Gasteiger partial charge on any atom is 0.251 e. The molecule has 0 aliphatic heterocycles. The van der Waals surface area contributed by atoms with Crippen molar-refractivity contribution in [1.29, 1.82) is 0 Å². The zero-order valence-corrected chi connectivity index (χ0v) is 13.7. The van der Waals surface area contributed by atoms with E-state index < -0.39 is 0 Å². The van der Waals surface area contributed by atoms with Gasteiger partial charge < -0.3 is 11.1 Å². The molecule has 20 heavy (non-hydrogen) atoms. The average molecular weight is 354 g/mol. The van der Waals surface area contributed by atoms with Crippen LogP contribution in [0.2, 0.25) is 0 Å². The molecule has 3 N–H and O–H groups in total. The molecule has 106 valence electrons. The highest BCUT2D eigenvalue weighted by Gasteiger charge is 2.15. The summed E-state index contributed by atoms with van der Waals surface area (Å²) in [6.07, 6.45) is 2.82. The summed E-state index contributed by atoms with van der Waals surface area (Å²) in [6.45, 7) is 4.02. The Morgan fingerprint density at radius 2 is 2.25 bits per heavy atom. The Morgan fingerprint density at radius 3 is 2.85 bits per heavy atom. The minimum atomic E-state index is -0.154. The van der Waals surface area contributed by atoms with Crippen molar-refractivity contribution in [3.8, 4) is 0 Å². The van der Waals surface area contributed by atoms with Crippen LogP contribution in [0.4, 0.5) is 5.69 Å². The second-order valence-corrected chi connectivity index (χ2v) is 6.55. The van der Waals surface area contributed by atoms with Gasteiger partial charge in [0.25, 0.3) is 5.91 Å². The van der Waals surface area contributed by atoms with E-state index in [-0.39, 0.29) is 11.9 Å². The normalized spacial score (nSPS) is 12.2. The lowest BCUT2D eigenvalue weighted by Crippen LogP contribution is -2.26. The molecule has 0 saturated heterocycles. The number of anilines is 1. The van der Waals surface area contributed by atoms with Crippen molar-refractivity contribution in [3.05, 3.63) is 44.3 Å². The van der Waals surface area contributed by atoms with Gasteiger partial charge in [-0.3, -0.25) is 4.79 Å². The smallest absolute Gasteiger partial charge is 0.251 e. The molecule has 1 unspecified atom stereocenters. The zero-order chi connectivity index (χ0) is 14.7. The predicted octanol–water partition coefficient (Wildman–Crippen LogP) is 3.54. The van der Waals surface area contributed by atoms with Crippen molar-refractivity contribution < 1.29 is 4.79 Å². The quantitative estimate of drug-likeness (QED) is 0.826. The highest BCUT2D eigenvalue weighted by atomic mass is 79.9. The number of aromatic nitrogens is 1. The zero-order valence-electron chi connectivity index (χ0n) is 11.3. The third-order valence-electron chi connectivity index (χ3n) is 2.82. The monoisotopic (exact) mass is 353 g/mol. The number of thiazole rings is 1. The minimum absolute atomic E-state index is 0.118. The Labute approximate surface area is 130 Å². The summed E-state index contributed by atoms with van der Waals surface area (Å²) in [5, 5.41) is 3.85. The third-order valence-corrected chi connectivity index (χ3v) is 4.60. The maximum absolute atomic E-state index is 12.2. The van der Waals surface area contributed by atoms with Crippen molar-refractivity contribution in [2.24, 2.45) is 0 Å². The number of amides is 1. The van der Waals surface area contributed by atoms with E-state index in [1.165, 1.54) is 4.88 Å². The number of carbonyl (C=O) groups is 1. The minimum Gasteiger partial charge on any atom is -0.399 e. The highest BCUT2D eigenvalue weighted by molar-refractivity contribution is 9.10. The molecule has 0 aliphatic rings. The molecule has 0 spiro atoms. The lowest BCUT2D eigenvalue weighted by Gasteiger charge is -2.12. The van der Waals surface area contributed by atoms with Crippen LogP contribution in [-0.4, -0.2) is 10.9 Å². The number of benzene rings is 1. The number of nitrogens with zero attached hydrogens (tertiary/aromatic N) is 1. The fourth-order valence-electron chi connectivity index (χ4n) is 1.77. The first kappa shape index (κ1) is 15.0.